The summed E-state index contributed by atoms with van der Waals surface area (Å²) in [6.07, 6.45) is 4.97. The molecular formula is C21H21ClO4. The molecule has 0 atom stereocenters. The van der Waals surface area contributed by atoms with Crippen molar-refractivity contribution >= 4 is 23.6 Å². The molecular weight excluding hydrogens is 352 g/mol. The zero-order valence-electron chi connectivity index (χ0n) is 14.6. The van der Waals surface area contributed by atoms with E-state index in [4.69, 9.17) is 26.2 Å². The van der Waals surface area contributed by atoms with Gasteiger partial charge >= 0.3 is 5.97 Å². The fourth-order valence-electron chi connectivity index (χ4n) is 2.42. The van der Waals surface area contributed by atoms with Gasteiger partial charge in [-0.25, -0.2) is 4.79 Å². The zero-order chi connectivity index (χ0) is 18.9. The number of allylic oxidation sites excluding steroid dienone is 1. The summed E-state index contributed by atoms with van der Waals surface area (Å²) < 4.78 is 11.7. The summed E-state index contributed by atoms with van der Waals surface area (Å²) in [6.45, 7) is 6.50. The molecule has 0 aliphatic heterocycles. The van der Waals surface area contributed by atoms with Gasteiger partial charge in [-0.15, -0.1) is 6.58 Å². The molecule has 0 bridgehead atoms. The summed E-state index contributed by atoms with van der Waals surface area (Å²) in [5.41, 5.74) is 2.59. The molecule has 0 aliphatic carbocycles. The minimum Gasteiger partial charge on any atom is -0.490 e. The Bertz CT molecular complexity index is 794. The van der Waals surface area contributed by atoms with E-state index in [1.807, 2.05) is 37.3 Å². The van der Waals surface area contributed by atoms with Gasteiger partial charge in [0.1, 0.15) is 6.61 Å². The summed E-state index contributed by atoms with van der Waals surface area (Å²) >= 11 is 5.91. The topological polar surface area (TPSA) is 55.8 Å². The molecule has 4 nitrogen and oxygen atoms in total. The van der Waals surface area contributed by atoms with E-state index in [1.165, 1.54) is 6.08 Å². The third-order valence-electron chi connectivity index (χ3n) is 3.53. The van der Waals surface area contributed by atoms with Gasteiger partial charge in [0.25, 0.3) is 0 Å². The van der Waals surface area contributed by atoms with Crippen LogP contribution in [0.4, 0.5) is 0 Å². The largest absolute Gasteiger partial charge is 0.490 e. The van der Waals surface area contributed by atoms with Crippen LogP contribution in [0.15, 0.2) is 55.1 Å². The number of carboxylic acids is 1. The van der Waals surface area contributed by atoms with Gasteiger partial charge in [-0.2, -0.15) is 0 Å². The van der Waals surface area contributed by atoms with Gasteiger partial charge in [-0.1, -0.05) is 29.8 Å². The van der Waals surface area contributed by atoms with Crippen LogP contribution < -0.4 is 9.47 Å². The van der Waals surface area contributed by atoms with Crippen molar-refractivity contribution in [3.8, 4) is 11.5 Å². The minimum atomic E-state index is -1.00. The summed E-state index contributed by atoms with van der Waals surface area (Å²) in [4.78, 5) is 10.8. The number of benzene rings is 2. The number of hydrogen-bond donors (Lipinski definition) is 1. The van der Waals surface area contributed by atoms with E-state index in [9.17, 15) is 4.79 Å². The Kier molecular flexibility index (Phi) is 7.30. The quantitative estimate of drug-likeness (QED) is 0.489. The number of carbonyl (C=O) groups is 1. The lowest BCUT2D eigenvalue weighted by molar-refractivity contribution is -0.131. The van der Waals surface area contributed by atoms with Gasteiger partial charge in [0.15, 0.2) is 11.5 Å². The predicted octanol–water partition coefficient (Wildman–Crippen LogP) is 5.14. The number of aliphatic carboxylic acids is 1. The molecule has 0 spiro atoms. The highest BCUT2D eigenvalue weighted by Gasteiger charge is 2.13. The average Bonchev–Trinajstić information content (AvgIpc) is 2.61. The molecule has 2 aromatic rings. The monoisotopic (exact) mass is 372 g/mol. The fraction of sp³-hybridized carbons (Fsp3) is 0.190. The van der Waals surface area contributed by atoms with Crippen molar-refractivity contribution in [1.29, 1.82) is 0 Å². The van der Waals surface area contributed by atoms with Gasteiger partial charge in [-0.3, -0.25) is 0 Å². The molecule has 0 saturated carbocycles. The Morgan fingerprint density at radius 1 is 1.23 bits per heavy atom. The molecule has 0 saturated heterocycles. The molecule has 1 N–H and O–H groups in total. The molecule has 0 fully saturated rings. The highest BCUT2D eigenvalue weighted by Crippen LogP contribution is 2.35. The third-order valence-corrected chi connectivity index (χ3v) is 3.78. The molecule has 0 amide bonds. The Balaban J connectivity index is 2.35. The van der Waals surface area contributed by atoms with Crippen LogP contribution in [0.3, 0.4) is 0 Å². The van der Waals surface area contributed by atoms with Crippen molar-refractivity contribution < 1.29 is 19.4 Å². The van der Waals surface area contributed by atoms with Crippen LogP contribution >= 0.6 is 11.6 Å². The highest BCUT2D eigenvalue weighted by molar-refractivity contribution is 6.30. The van der Waals surface area contributed by atoms with E-state index >= 15 is 0 Å². The first-order valence-corrected chi connectivity index (χ1v) is 8.60. The maximum Gasteiger partial charge on any atom is 0.328 e. The molecule has 0 radical (unpaired) electrons. The van der Waals surface area contributed by atoms with E-state index in [0.717, 1.165) is 22.8 Å². The molecule has 136 valence electrons. The van der Waals surface area contributed by atoms with Crippen molar-refractivity contribution in [3.05, 3.63) is 76.8 Å². The summed E-state index contributed by atoms with van der Waals surface area (Å²) in [6, 6.07) is 11.1. The van der Waals surface area contributed by atoms with Crippen molar-refractivity contribution in [2.75, 3.05) is 6.61 Å². The summed E-state index contributed by atoms with van der Waals surface area (Å²) in [5, 5.41) is 9.51. The van der Waals surface area contributed by atoms with Crippen LogP contribution in [-0.4, -0.2) is 17.7 Å². The Morgan fingerprint density at radius 3 is 2.58 bits per heavy atom. The van der Waals surface area contributed by atoms with Gasteiger partial charge in [0.2, 0.25) is 0 Å². The van der Waals surface area contributed by atoms with Gasteiger partial charge in [0.05, 0.1) is 6.61 Å². The van der Waals surface area contributed by atoms with Crippen LogP contribution in [0.5, 0.6) is 11.5 Å². The van der Waals surface area contributed by atoms with E-state index in [1.54, 1.807) is 12.1 Å². The first-order chi connectivity index (χ1) is 12.5. The molecule has 0 unspecified atom stereocenters. The van der Waals surface area contributed by atoms with E-state index in [0.29, 0.717) is 36.2 Å². The molecule has 5 heteroatoms. The SMILES string of the molecule is C=CCc1cc(/C=C/C(=O)O)cc(OCC)c1OCc1ccc(Cl)cc1. The van der Waals surface area contributed by atoms with Crippen LogP contribution in [0.2, 0.25) is 5.02 Å². The molecule has 0 aromatic heterocycles. The lowest BCUT2D eigenvalue weighted by Crippen LogP contribution is -2.03. The maximum atomic E-state index is 10.8. The van der Waals surface area contributed by atoms with E-state index in [-0.39, 0.29) is 0 Å². The van der Waals surface area contributed by atoms with Gasteiger partial charge in [0, 0.05) is 16.7 Å². The smallest absolute Gasteiger partial charge is 0.328 e. The third kappa shape index (κ3) is 5.67. The fourth-order valence-corrected chi connectivity index (χ4v) is 2.54. The lowest BCUT2D eigenvalue weighted by atomic mass is 10.0. The second kappa shape index (κ2) is 9.68. The van der Waals surface area contributed by atoms with E-state index in [2.05, 4.69) is 6.58 Å². The molecule has 0 heterocycles. The number of carboxylic acid groups (broad SMARTS) is 1. The van der Waals surface area contributed by atoms with Crippen molar-refractivity contribution in [3.63, 3.8) is 0 Å². The Hall–Kier alpha value is -2.72. The second-order valence-electron chi connectivity index (χ2n) is 5.52. The summed E-state index contributed by atoms with van der Waals surface area (Å²) in [7, 11) is 0. The zero-order valence-corrected chi connectivity index (χ0v) is 15.3. The van der Waals surface area contributed by atoms with E-state index < -0.39 is 5.97 Å². The Morgan fingerprint density at radius 2 is 1.96 bits per heavy atom. The molecule has 26 heavy (non-hydrogen) atoms. The molecule has 2 aromatic carbocycles. The highest BCUT2D eigenvalue weighted by atomic mass is 35.5. The standard InChI is InChI=1S/C21H21ClO4/c1-3-5-17-12-16(8-11-20(23)24)13-19(25-4-2)21(17)26-14-15-6-9-18(22)10-7-15/h3,6-13H,1,4-5,14H2,2H3,(H,23,24)/b11-8+. The molecule has 0 aliphatic rings. The van der Waals surface area contributed by atoms with Crippen LogP contribution in [0.25, 0.3) is 6.08 Å². The van der Waals surface area contributed by atoms with Crippen molar-refractivity contribution in [1.82, 2.24) is 0 Å². The predicted molar refractivity (Wildman–Crippen MR) is 104 cm³/mol. The van der Waals surface area contributed by atoms with Crippen LogP contribution in [0.1, 0.15) is 23.6 Å². The summed E-state index contributed by atoms with van der Waals surface area (Å²) in [5.74, 6) is 0.205. The first kappa shape index (κ1) is 19.6. The number of ether oxygens (including phenoxy) is 2. The van der Waals surface area contributed by atoms with Crippen molar-refractivity contribution in [2.24, 2.45) is 0 Å². The normalized spacial score (nSPS) is 10.7. The minimum absolute atomic E-state index is 0.367. The average molecular weight is 373 g/mol. The number of halogens is 1. The van der Waals surface area contributed by atoms with Gasteiger partial charge in [-0.05, 0) is 54.8 Å². The van der Waals surface area contributed by atoms with Crippen LogP contribution in [-0.2, 0) is 17.8 Å². The Labute approximate surface area is 158 Å². The number of rotatable bonds is 9. The molecule has 2 rings (SSSR count). The number of hydrogen-bond acceptors (Lipinski definition) is 3. The first-order valence-electron chi connectivity index (χ1n) is 8.22. The van der Waals surface area contributed by atoms with Gasteiger partial charge < -0.3 is 14.6 Å². The maximum absolute atomic E-state index is 10.8. The second-order valence-corrected chi connectivity index (χ2v) is 5.96. The van der Waals surface area contributed by atoms with Crippen molar-refractivity contribution in [2.45, 2.75) is 20.0 Å². The van der Waals surface area contributed by atoms with Crippen LogP contribution in [0, 0.1) is 0 Å². The lowest BCUT2D eigenvalue weighted by Gasteiger charge is -2.17.